The number of nitrogens with zero attached hydrogens (tertiary/aromatic N) is 4. The van der Waals surface area contributed by atoms with Crippen molar-refractivity contribution in [3.8, 4) is 5.88 Å². The molecular weight excluding hydrogens is 356 g/mol. The first-order valence-electron chi connectivity index (χ1n) is 8.64. The zero-order valence-electron chi connectivity index (χ0n) is 14.4. The highest BCUT2D eigenvalue weighted by atomic mass is 32.1. The van der Waals surface area contributed by atoms with Gasteiger partial charge in [0.1, 0.15) is 18.1 Å². The maximum Gasteiger partial charge on any atom is 0.309 e. The molecule has 0 bridgehead atoms. The van der Waals surface area contributed by atoms with Crippen LogP contribution in [0.2, 0.25) is 0 Å². The molecule has 1 aliphatic rings. The maximum absolute atomic E-state index is 12.0. The Kier molecular flexibility index (Phi) is 4.64. The smallest absolute Gasteiger partial charge is 0.309 e. The molecule has 4 heterocycles. The van der Waals surface area contributed by atoms with Crippen molar-refractivity contribution in [2.24, 2.45) is 5.92 Å². The second-order valence-electron chi connectivity index (χ2n) is 6.22. The first kappa shape index (κ1) is 17.0. The molecule has 1 fully saturated rings. The lowest BCUT2D eigenvalue weighted by Gasteiger charge is -2.35. The summed E-state index contributed by atoms with van der Waals surface area (Å²) in [4.78, 5) is 19.8. The predicted octanol–water partition coefficient (Wildman–Crippen LogP) is 2.45. The number of aromatic nitrogens is 3. The average Bonchev–Trinajstić information content (AvgIpc) is 3.37. The number of hydrogen-bond acceptors (Lipinski definition) is 8. The molecule has 1 N–H and O–H groups in total. The van der Waals surface area contributed by atoms with Crippen molar-refractivity contribution in [1.29, 1.82) is 0 Å². The highest BCUT2D eigenvalue weighted by molar-refractivity contribution is 7.17. The van der Waals surface area contributed by atoms with E-state index in [1.165, 1.54) is 22.2 Å². The molecule has 0 amide bonds. The molecule has 0 saturated carbocycles. The van der Waals surface area contributed by atoms with Gasteiger partial charge in [0.2, 0.25) is 10.8 Å². The van der Waals surface area contributed by atoms with Gasteiger partial charge in [0, 0.05) is 13.1 Å². The van der Waals surface area contributed by atoms with Crippen LogP contribution in [0.15, 0.2) is 29.1 Å². The molecule has 0 aromatic carbocycles. The fraction of sp³-hybridized carbons (Fsp3) is 0.471. The average molecular weight is 376 g/mol. The molecule has 3 aromatic heterocycles. The molecule has 0 radical (unpaired) electrons. The molecule has 3 aromatic rings. The van der Waals surface area contributed by atoms with E-state index in [4.69, 9.17) is 9.15 Å². The zero-order valence-corrected chi connectivity index (χ0v) is 15.2. The van der Waals surface area contributed by atoms with Crippen LogP contribution >= 0.6 is 11.3 Å². The van der Waals surface area contributed by atoms with Crippen molar-refractivity contribution >= 4 is 22.3 Å². The minimum Gasteiger partial charge on any atom is -0.492 e. The molecule has 9 heteroatoms. The first-order chi connectivity index (χ1) is 12.7. The van der Waals surface area contributed by atoms with Gasteiger partial charge in [-0.3, -0.25) is 9.69 Å². The Morgan fingerprint density at radius 3 is 2.96 bits per heavy atom. The Morgan fingerprint density at radius 2 is 2.31 bits per heavy atom. The molecule has 8 nitrogen and oxygen atoms in total. The minimum atomic E-state index is -0.235. The van der Waals surface area contributed by atoms with Crippen molar-refractivity contribution in [3.05, 3.63) is 35.4 Å². The lowest BCUT2D eigenvalue weighted by atomic mass is 9.95. The largest absolute Gasteiger partial charge is 0.492 e. The number of fused-ring (bicyclic) bond motifs is 1. The topological polar surface area (TPSA) is 93.1 Å². The maximum atomic E-state index is 12.0. The van der Waals surface area contributed by atoms with Crippen LogP contribution in [0.3, 0.4) is 0 Å². The number of piperidine rings is 1. The third-order valence-electron chi connectivity index (χ3n) is 4.71. The minimum absolute atomic E-state index is 0.0700. The monoisotopic (exact) mass is 376 g/mol. The second-order valence-corrected chi connectivity index (χ2v) is 7.23. The number of thiazole rings is 1. The van der Waals surface area contributed by atoms with Gasteiger partial charge in [0.05, 0.1) is 23.7 Å². The van der Waals surface area contributed by atoms with Gasteiger partial charge in [0.15, 0.2) is 0 Å². The van der Waals surface area contributed by atoms with Crippen LogP contribution in [0.4, 0.5) is 0 Å². The number of hydrogen-bond donors (Lipinski definition) is 1. The number of carbonyl (C=O) groups is 1. The van der Waals surface area contributed by atoms with Gasteiger partial charge >= 0.3 is 5.97 Å². The van der Waals surface area contributed by atoms with Crippen LogP contribution in [0.1, 0.15) is 36.4 Å². The van der Waals surface area contributed by atoms with Crippen molar-refractivity contribution in [2.75, 3.05) is 19.7 Å². The van der Waals surface area contributed by atoms with E-state index in [1.54, 1.807) is 6.26 Å². The number of furan rings is 1. The third-order valence-corrected chi connectivity index (χ3v) is 5.80. The van der Waals surface area contributed by atoms with Gasteiger partial charge in [-0.15, -0.1) is 0 Å². The van der Waals surface area contributed by atoms with E-state index in [2.05, 4.69) is 15.0 Å². The summed E-state index contributed by atoms with van der Waals surface area (Å²) in [6.45, 7) is 3.65. The van der Waals surface area contributed by atoms with Gasteiger partial charge in [-0.1, -0.05) is 11.3 Å². The lowest BCUT2D eigenvalue weighted by Crippen LogP contribution is -2.39. The molecule has 1 saturated heterocycles. The molecule has 0 aliphatic carbocycles. The summed E-state index contributed by atoms with van der Waals surface area (Å²) in [5.41, 5.74) is 0. The summed E-state index contributed by atoms with van der Waals surface area (Å²) in [7, 11) is 0. The molecule has 26 heavy (non-hydrogen) atoms. The number of likely N-dealkylation sites (tertiary alicyclic amines) is 1. The molecule has 4 rings (SSSR count). The van der Waals surface area contributed by atoms with Gasteiger partial charge in [-0.05, 0) is 31.9 Å². The Bertz CT molecular complexity index is 880. The number of esters is 1. The van der Waals surface area contributed by atoms with Crippen LogP contribution in [0, 0.1) is 5.92 Å². The van der Waals surface area contributed by atoms with E-state index in [0.717, 1.165) is 23.5 Å². The summed E-state index contributed by atoms with van der Waals surface area (Å²) in [6, 6.07) is 3.50. The summed E-state index contributed by atoms with van der Waals surface area (Å²) < 4.78 is 12.2. The predicted molar refractivity (Wildman–Crippen MR) is 94.0 cm³/mol. The SMILES string of the molecule is CCOC(=O)C1CCN([C@@H](c2ccco2)c2sc3ncnn3c2O)CC1. The summed E-state index contributed by atoms with van der Waals surface area (Å²) in [5, 5.41) is 14.7. The molecule has 1 atom stereocenters. The van der Waals surface area contributed by atoms with Gasteiger partial charge in [0.25, 0.3) is 0 Å². The second kappa shape index (κ2) is 7.08. The highest BCUT2D eigenvalue weighted by Crippen LogP contribution is 2.41. The van der Waals surface area contributed by atoms with E-state index in [1.807, 2.05) is 19.1 Å². The van der Waals surface area contributed by atoms with E-state index < -0.39 is 0 Å². The standard InChI is InChI=1S/C17H20N4O4S/c1-2-24-16(23)11-5-7-20(8-6-11)13(12-4-3-9-25-12)14-15(22)21-17(26-14)18-10-19-21/h3-4,9-11,13,22H,2,5-8H2,1H3/t13-/m0/s1. The summed E-state index contributed by atoms with van der Waals surface area (Å²) in [5.74, 6) is 0.638. The highest BCUT2D eigenvalue weighted by Gasteiger charge is 2.35. The summed E-state index contributed by atoms with van der Waals surface area (Å²) in [6.07, 6.45) is 4.49. The van der Waals surface area contributed by atoms with Crippen LogP contribution in [0.5, 0.6) is 5.88 Å². The van der Waals surface area contributed by atoms with E-state index in [0.29, 0.717) is 24.7 Å². The number of aromatic hydroxyl groups is 1. The fourth-order valence-corrected chi connectivity index (χ4v) is 4.52. The third kappa shape index (κ3) is 2.97. The Morgan fingerprint density at radius 1 is 1.50 bits per heavy atom. The Labute approximate surface area is 154 Å². The normalized spacial score (nSPS) is 17.6. The fourth-order valence-electron chi connectivity index (χ4n) is 3.45. The molecule has 0 unspecified atom stereocenters. The van der Waals surface area contributed by atoms with Gasteiger partial charge < -0.3 is 14.3 Å². The number of carbonyl (C=O) groups excluding carboxylic acids is 1. The quantitative estimate of drug-likeness (QED) is 0.684. The van der Waals surface area contributed by atoms with Crippen LogP contribution in [-0.4, -0.2) is 50.3 Å². The number of rotatable bonds is 5. The molecule has 0 spiro atoms. The Balaban J connectivity index is 1.60. The van der Waals surface area contributed by atoms with Gasteiger partial charge in [-0.2, -0.15) is 9.61 Å². The van der Waals surface area contributed by atoms with Crippen molar-refractivity contribution in [3.63, 3.8) is 0 Å². The van der Waals surface area contributed by atoms with Crippen LogP contribution in [-0.2, 0) is 9.53 Å². The van der Waals surface area contributed by atoms with E-state index in [-0.39, 0.29) is 23.8 Å². The zero-order chi connectivity index (χ0) is 18.1. The summed E-state index contributed by atoms with van der Waals surface area (Å²) >= 11 is 1.39. The van der Waals surface area contributed by atoms with Crippen LogP contribution < -0.4 is 0 Å². The first-order valence-corrected chi connectivity index (χ1v) is 9.46. The Hall–Kier alpha value is -2.39. The number of ether oxygens (including phenoxy) is 1. The lowest BCUT2D eigenvalue weighted by molar-refractivity contribution is -0.149. The van der Waals surface area contributed by atoms with Crippen LogP contribution in [0.25, 0.3) is 4.96 Å². The molecular formula is C17H20N4O4S. The van der Waals surface area contributed by atoms with E-state index in [9.17, 15) is 9.90 Å². The van der Waals surface area contributed by atoms with Crippen molar-refractivity contribution in [2.45, 2.75) is 25.8 Å². The molecule has 1 aliphatic heterocycles. The van der Waals surface area contributed by atoms with Crippen molar-refractivity contribution in [1.82, 2.24) is 19.5 Å². The van der Waals surface area contributed by atoms with Gasteiger partial charge in [-0.25, -0.2) is 4.98 Å². The van der Waals surface area contributed by atoms with Crippen molar-refractivity contribution < 1.29 is 19.1 Å². The molecule has 138 valence electrons. The van der Waals surface area contributed by atoms with E-state index >= 15 is 0 Å².